The van der Waals surface area contributed by atoms with E-state index < -0.39 is 0 Å². The summed E-state index contributed by atoms with van der Waals surface area (Å²) >= 11 is 0. The van der Waals surface area contributed by atoms with E-state index in [1.54, 1.807) is 18.5 Å². The van der Waals surface area contributed by atoms with E-state index in [0.29, 0.717) is 12.6 Å². The van der Waals surface area contributed by atoms with E-state index >= 15 is 0 Å². The zero-order valence-corrected chi connectivity index (χ0v) is 10.8. The molecule has 1 aromatic carbocycles. The molecule has 2 aromatic rings. The van der Waals surface area contributed by atoms with Crippen molar-refractivity contribution in [1.82, 2.24) is 9.66 Å². The summed E-state index contributed by atoms with van der Waals surface area (Å²) in [5.74, 6) is 1.11. The number of hydrogen-bond donors (Lipinski definition) is 1. The third kappa shape index (κ3) is 3.22. The van der Waals surface area contributed by atoms with Gasteiger partial charge in [-0.2, -0.15) is 5.10 Å². The highest BCUT2D eigenvalue weighted by atomic mass is 16.5. The maximum Gasteiger partial charge on any atom is 0.221 e. The molecule has 2 N–H and O–H groups in total. The zero-order chi connectivity index (χ0) is 13.7. The number of rotatable bonds is 5. The average Bonchev–Trinajstić information content (AvgIpc) is 2.73. The average molecular weight is 256 g/mol. The first-order chi connectivity index (χ1) is 9.20. The van der Waals surface area contributed by atoms with Crippen LogP contribution in [0.15, 0.2) is 48.2 Å². The first kappa shape index (κ1) is 12.9. The Bertz CT molecular complexity index is 601. The molecule has 0 radical (unpaired) electrons. The molecule has 0 amide bonds. The van der Waals surface area contributed by atoms with Crippen molar-refractivity contribution in [3.8, 4) is 5.75 Å². The van der Waals surface area contributed by atoms with E-state index in [1.807, 2.05) is 31.2 Å². The van der Waals surface area contributed by atoms with E-state index in [2.05, 4.69) is 16.7 Å². The zero-order valence-electron chi connectivity index (χ0n) is 10.8. The molecule has 5 nitrogen and oxygen atoms in total. The molecule has 1 aromatic heterocycles. The Kier molecular flexibility index (Phi) is 3.97. The lowest BCUT2D eigenvalue weighted by atomic mass is 10.2. The van der Waals surface area contributed by atoms with E-state index in [4.69, 9.17) is 10.5 Å². The minimum atomic E-state index is 0.359. The fourth-order valence-corrected chi connectivity index (χ4v) is 1.59. The molecule has 0 aliphatic heterocycles. The van der Waals surface area contributed by atoms with Crippen molar-refractivity contribution in [3.05, 3.63) is 54.4 Å². The Morgan fingerprint density at radius 3 is 2.95 bits per heavy atom. The number of anilines is 1. The normalized spacial score (nSPS) is 10.8. The number of imidazole rings is 1. The van der Waals surface area contributed by atoms with E-state index in [9.17, 15) is 0 Å². The minimum absolute atomic E-state index is 0.359. The molecule has 0 aliphatic carbocycles. The number of benzene rings is 1. The molecule has 1 heterocycles. The summed E-state index contributed by atoms with van der Waals surface area (Å²) in [5, 5.41) is 4.26. The van der Waals surface area contributed by atoms with Gasteiger partial charge in [0.15, 0.2) is 0 Å². The summed E-state index contributed by atoms with van der Waals surface area (Å²) in [4.78, 5) is 4.08. The van der Waals surface area contributed by atoms with Gasteiger partial charge in [0.2, 0.25) is 5.95 Å². The lowest BCUT2D eigenvalue weighted by molar-refractivity contribution is 0.362. The first-order valence-corrected chi connectivity index (χ1v) is 5.89. The summed E-state index contributed by atoms with van der Waals surface area (Å²) in [5.41, 5.74) is 7.41. The SMILES string of the molecule is C=CCOc1ccccc1C=Nn1cc(C)nc1N. The Hall–Kier alpha value is -2.56. The van der Waals surface area contributed by atoms with Crippen LogP contribution in [0, 0.1) is 6.92 Å². The second kappa shape index (κ2) is 5.86. The van der Waals surface area contributed by atoms with Gasteiger partial charge >= 0.3 is 0 Å². The van der Waals surface area contributed by atoms with Crippen LogP contribution in [0.1, 0.15) is 11.3 Å². The molecular formula is C14H16N4O. The quantitative estimate of drug-likeness (QED) is 0.659. The summed E-state index contributed by atoms with van der Waals surface area (Å²) in [6, 6.07) is 7.63. The van der Waals surface area contributed by atoms with Crippen LogP contribution in [0.4, 0.5) is 5.95 Å². The van der Waals surface area contributed by atoms with Gasteiger partial charge in [-0.1, -0.05) is 24.8 Å². The van der Waals surface area contributed by atoms with Gasteiger partial charge in [-0.05, 0) is 19.1 Å². The van der Waals surface area contributed by atoms with Gasteiger partial charge in [0, 0.05) is 5.56 Å². The van der Waals surface area contributed by atoms with Crippen LogP contribution in [0.25, 0.3) is 0 Å². The number of nitrogens with two attached hydrogens (primary N) is 1. The molecule has 0 bridgehead atoms. The number of para-hydroxylation sites is 1. The standard InChI is InChI=1S/C14H16N4O/c1-3-8-19-13-7-5-4-6-12(13)9-16-18-10-11(2)17-14(18)15/h3-7,9-10H,1,8H2,2H3,(H2,15,17). The van der Waals surface area contributed by atoms with Crippen molar-refractivity contribution in [3.63, 3.8) is 0 Å². The number of ether oxygens (including phenoxy) is 1. The van der Waals surface area contributed by atoms with Crippen LogP contribution in [-0.4, -0.2) is 22.5 Å². The third-order valence-corrected chi connectivity index (χ3v) is 2.43. The number of hydrogen-bond acceptors (Lipinski definition) is 4. The second-order valence-corrected chi connectivity index (χ2v) is 3.97. The maximum absolute atomic E-state index is 5.72. The number of aromatic nitrogens is 2. The van der Waals surface area contributed by atoms with Gasteiger partial charge < -0.3 is 10.5 Å². The van der Waals surface area contributed by atoms with Gasteiger partial charge in [-0.15, -0.1) is 0 Å². The molecule has 0 aliphatic rings. The van der Waals surface area contributed by atoms with Gasteiger partial charge in [-0.25, -0.2) is 9.66 Å². The smallest absolute Gasteiger partial charge is 0.221 e. The van der Waals surface area contributed by atoms with Crippen molar-refractivity contribution < 1.29 is 4.74 Å². The highest BCUT2D eigenvalue weighted by Gasteiger charge is 2.01. The Morgan fingerprint density at radius 2 is 2.26 bits per heavy atom. The second-order valence-electron chi connectivity index (χ2n) is 3.97. The summed E-state index contributed by atoms with van der Waals surface area (Å²) in [6.45, 7) is 5.95. The van der Waals surface area contributed by atoms with Gasteiger partial charge in [0.1, 0.15) is 12.4 Å². The predicted molar refractivity (Wildman–Crippen MR) is 76.5 cm³/mol. The van der Waals surface area contributed by atoms with Crippen LogP contribution in [0.3, 0.4) is 0 Å². The molecule has 0 saturated heterocycles. The van der Waals surface area contributed by atoms with E-state index in [-0.39, 0.29) is 0 Å². The molecule has 0 saturated carbocycles. The topological polar surface area (TPSA) is 65.4 Å². The summed E-state index contributed by atoms with van der Waals surface area (Å²) < 4.78 is 7.07. The van der Waals surface area contributed by atoms with Crippen molar-refractivity contribution in [2.45, 2.75) is 6.92 Å². The fraction of sp³-hybridized carbons (Fsp3) is 0.143. The highest BCUT2D eigenvalue weighted by Crippen LogP contribution is 2.16. The van der Waals surface area contributed by atoms with Crippen molar-refractivity contribution in [2.24, 2.45) is 5.10 Å². The molecule has 2 rings (SSSR count). The van der Waals surface area contributed by atoms with Crippen LogP contribution in [0.5, 0.6) is 5.75 Å². The number of aryl methyl sites for hydroxylation is 1. The molecule has 0 atom stereocenters. The molecule has 0 fully saturated rings. The van der Waals surface area contributed by atoms with Gasteiger partial charge in [-0.3, -0.25) is 0 Å². The third-order valence-electron chi connectivity index (χ3n) is 2.43. The Balaban J connectivity index is 2.22. The van der Waals surface area contributed by atoms with Crippen molar-refractivity contribution in [2.75, 3.05) is 12.3 Å². The monoisotopic (exact) mass is 256 g/mol. The first-order valence-electron chi connectivity index (χ1n) is 5.89. The van der Waals surface area contributed by atoms with Crippen LogP contribution >= 0.6 is 0 Å². The fourth-order valence-electron chi connectivity index (χ4n) is 1.59. The van der Waals surface area contributed by atoms with Crippen molar-refractivity contribution >= 4 is 12.2 Å². The minimum Gasteiger partial charge on any atom is -0.489 e. The summed E-state index contributed by atoms with van der Waals surface area (Å²) in [6.07, 6.45) is 5.15. The number of nitrogens with zero attached hydrogens (tertiary/aromatic N) is 3. The molecule has 19 heavy (non-hydrogen) atoms. The lowest BCUT2D eigenvalue weighted by Crippen LogP contribution is -1.99. The van der Waals surface area contributed by atoms with Gasteiger partial charge in [0.25, 0.3) is 0 Å². The van der Waals surface area contributed by atoms with Gasteiger partial charge in [0.05, 0.1) is 18.1 Å². The Labute approximate surface area is 112 Å². The molecule has 5 heteroatoms. The maximum atomic E-state index is 5.72. The highest BCUT2D eigenvalue weighted by molar-refractivity contribution is 5.83. The van der Waals surface area contributed by atoms with E-state index in [1.165, 1.54) is 4.68 Å². The van der Waals surface area contributed by atoms with Crippen LogP contribution < -0.4 is 10.5 Å². The molecule has 0 unspecified atom stereocenters. The summed E-state index contributed by atoms with van der Waals surface area (Å²) in [7, 11) is 0. The van der Waals surface area contributed by atoms with Crippen LogP contribution in [-0.2, 0) is 0 Å². The molecule has 0 spiro atoms. The predicted octanol–water partition coefficient (Wildman–Crippen LogP) is 2.22. The van der Waals surface area contributed by atoms with Crippen molar-refractivity contribution in [1.29, 1.82) is 0 Å². The Morgan fingerprint density at radius 1 is 1.47 bits per heavy atom. The largest absolute Gasteiger partial charge is 0.489 e. The molecule has 98 valence electrons. The molecular weight excluding hydrogens is 240 g/mol. The lowest BCUT2D eigenvalue weighted by Gasteiger charge is -2.06. The van der Waals surface area contributed by atoms with E-state index in [0.717, 1.165) is 17.0 Å². The van der Waals surface area contributed by atoms with Crippen LogP contribution in [0.2, 0.25) is 0 Å². The number of nitrogen functional groups attached to an aromatic ring is 1.